The van der Waals surface area contributed by atoms with Crippen molar-refractivity contribution in [2.45, 2.75) is 6.54 Å². The van der Waals surface area contributed by atoms with Crippen LogP contribution in [-0.4, -0.2) is 5.97 Å². The zero-order valence-electron chi connectivity index (χ0n) is 15.5. The molecule has 0 amide bonds. The maximum Gasteiger partial charge on any atom is 0.409 e. The molecule has 29 heavy (non-hydrogen) atoms. The molecule has 0 N–H and O–H groups in total. The van der Waals surface area contributed by atoms with Crippen molar-refractivity contribution in [1.29, 1.82) is 0 Å². The number of carbonyl (C=O) groups excluding carboxylic acids is 1. The van der Waals surface area contributed by atoms with Gasteiger partial charge in [-0.2, -0.15) is 4.57 Å². The van der Waals surface area contributed by atoms with Crippen LogP contribution < -0.4 is 9.30 Å². The molecule has 0 fully saturated rings. The Hall–Kier alpha value is -4.15. The van der Waals surface area contributed by atoms with Crippen LogP contribution in [0.15, 0.2) is 96.1 Å². The Labute approximate surface area is 167 Å². The Bertz CT molecular complexity index is 1230. The van der Waals surface area contributed by atoms with Crippen molar-refractivity contribution in [2.75, 3.05) is 0 Å². The summed E-state index contributed by atoms with van der Waals surface area (Å²) in [5.41, 5.74) is 11.4. The number of pyridine rings is 1. The number of aromatic nitrogens is 1. The highest BCUT2D eigenvalue weighted by molar-refractivity contribution is 5.89. The highest BCUT2D eigenvalue weighted by Crippen LogP contribution is 2.21. The number of para-hydroxylation sites is 1. The number of fused-ring (bicyclic) bond motifs is 1. The van der Waals surface area contributed by atoms with E-state index in [1.54, 1.807) is 24.3 Å². The summed E-state index contributed by atoms with van der Waals surface area (Å²) in [6.45, 7) is 0.533. The Morgan fingerprint density at radius 3 is 2.55 bits per heavy atom. The fourth-order valence-electron chi connectivity index (χ4n) is 3.20. The van der Waals surface area contributed by atoms with Crippen molar-refractivity contribution in [3.63, 3.8) is 0 Å². The summed E-state index contributed by atoms with van der Waals surface area (Å²) in [6, 6.07) is 28.0. The van der Waals surface area contributed by atoms with Gasteiger partial charge in [-0.05, 0) is 29.8 Å². The van der Waals surface area contributed by atoms with Crippen LogP contribution >= 0.6 is 0 Å². The Balaban J connectivity index is 1.74. The van der Waals surface area contributed by atoms with Crippen molar-refractivity contribution in [3.8, 4) is 5.75 Å². The van der Waals surface area contributed by atoms with Gasteiger partial charge in [0.05, 0.1) is 0 Å². The number of hydrogen-bond donors (Lipinski definition) is 0. The molecule has 0 saturated carbocycles. The number of nitrogens with zero attached hydrogens (tertiary/aromatic N) is 4. The first kappa shape index (κ1) is 18.2. The number of carbonyl (C=O) groups is 1. The van der Waals surface area contributed by atoms with Gasteiger partial charge in [0.25, 0.3) is 5.69 Å². The third-order valence-corrected chi connectivity index (χ3v) is 4.52. The Kier molecular flexibility index (Phi) is 5.18. The summed E-state index contributed by atoms with van der Waals surface area (Å²) in [7, 11) is 0. The molecule has 6 heteroatoms. The lowest BCUT2D eigenvalue weighted by Gasteiger charge is -2.08. The van der Waals surface area contributed by atoms with Crippen LogP contribution in [0.1, 0.15) is 16.1 Å². The molecule has 1 heterocycles. The van der Waals surface area contributed by atoms with E-state index in [4.69, 9.17) is 10.3 Å². The summed E-state index contributed by atoms with van der Waals surface area (Å²) in [6.07, 6.45) is 0. The summed E-state index contributed by atoms with van der Waals surface area (Å²) >= 11 is 0. The van der Waals surface area contributed by atoms with Crippen LogP contribution in [-0.2, 0) is 6.54 Å². The van der Waals surface area contributed by atoms with E-state index in [-0.39, 0.29) is 0 Å². The third kappa shape index (κ3) is 4.08. The van der Waals surface area contributed by atoms with E-state index >= 15 is 0 Å². The third-order valence-electron chi connectivity index (χ3n) is 4.52. The van der Waals surface area contributed by atoms with Crippen LogP contribution in [0.3, 0.4) is 0 Å². The van der Waals surface area contributed by atoms with E-state index in [0.717, 1.165) is 16.5 Å². The molecular weight excluding hydrogens is 364 g/mol. The smallest absolute Gasteiger partial charge is 0.409 e. The second-order valence-corrected chi connectivity index (χ2v) is 6.43. The van der Waals surface area contributed by atoms with Crippen LogP contribution in [0.2, 0.25) is 0 Å². The predicted molar refractivity (Wildman–Crippen MR) is 110 cm³/mol. The monoisotopic (exact) mass is 381 g/mol. The zero-order valence-corrected chi connectivity index (χ0v) is 15.5. The number of rotatable bonds is 5. The Morgan fingerprint density at radius 1 is 0.931 bits per heavy atom. The molecule has 0 aliphatic carbocycles. The minimum absolute atomic E-state index is 0.319. The highest BCUT2D eigenvalue weighted by Gasteiger charge is 2.24. The standard InChI is InChI=1S/C23H17N4O2/c24-26-25-19-10-6-11-20(15-19)29-23(28)22-14-13-18-9-4-5-12-21(18)27(22)16-17-7-2-1-3-8-17/h1-15H,16H2/q+1. The molecule has 0 aliphatic rings. The summed E-state index contributed by atoms with van der Waals surface area (Å²) < 4.78 is 7.52. The van der Waals surface area contributed by atoms with E-state index in [9.17, 15) is 4.79 Å². The van der Waals surface area contributed by atoms with E-state index in [2.05, 4.69) is 10.0 Å². The minimum atomic E-state index is -0.482. The fraction of sp³-hybridized carbons (Fsp3) is 0.0435. The quantitative estimate of drug-likeness (QED) is 0.117. The molecule has 4 rings (SSSR count). The number of azide groups is 1. The largest absolute Gasteiger partial charge is 0.419 e. The lowest BCUT2D eigenvalue weighted by atomic mass is 10.1. The van der Waals surface area contributed by atoms with Gasteiger partial charge in [-0.1, -0.05) is 59.7 Å². The Morgan fingerprint density at radius 2 is 1.72 bits per heavy atom. The molecule has 0 radical (unpaired) electrons. The average Bonchev–Trinajstić information content (AvgIpc) is 2.75. The molecule has 3 aromatic carbocycles. The summed E-state index contributed by atoms with van der Waals surface area (Å²) in [4.78, 5) is 15.8. The molecule has 0 spiro atoms. The molecule has 1 aromatic heterocycles. The predicted octanol–water partition coefficient (Wildman–Crippen LogP) is 5.34. The molecule has 0 aliphatic heterocycles. The second kappa shape index (κ2) is 8.25. The lowest BCUT2D eigenvalue weighted by Crippen LogP contribution is -2.42. The van der Waals surface area contributed by atoms with Gasteiger partial charge < -0.3 is 4.74 Å². The number of esters is 1. The topological polar surface area (TPSA) is 78.9 Å². The van der Waals surface area contributed by atoms with E-state index in [1.807, 2.05) is 65.2 Å². The molecule has 4 aromatic rings. The molecule has 0 saturated heterocycles. The summed E-state index contributed by atoms with van der Waals surface area (Å²) in [5.74, 6) is -0.163. The van der Waals surface area contributed by atoms with Gasteiger partial charge in [0.15, 0.2) is 6.54 Å². The van der Waals surface area contributed by atoms with Gasteiger partial charge in [-0.15, -0.1) is 0 Å². The molecular formula is C23H17N4O2+. The van der Waals surface area contributed by atoms with Crippen LogP contribution in [0.25, 0.3) is 21.3 Å². The van der Waals surface area contributed by atoms with Gasteiger partial charge in [0, 0.05) is 33.7 Å². The molecule has 6 nitrogen and oxygen atoms in total. The van der Waals surface area contributed by atoms with Crippen molar-refractivity contribution in [3.05, 3.63) is 113 Å². The molecule has 140 valence electrons. The summed E-state index contributed by atoms with van der Waals surface area (Å²) in [5, 5.41) is 4.58. The van der Waals surface area contributed by atoms with Gasteiger partial charge in [0.2, 0.25) is 5.52 Å². The SMILES string of the molecule is [N-]=[N+]=Nc1cccc(OC(=O)c2ccc3ccccc3[n+]2Cc2ccccc2)c1. The molecule has 0 unspecified atom stereocenters. The number of hydrogen-bond acceptors (Lipinski definition) is 3. The molecule has 0 bridgehead atoms. The first-order valence-corrected chi connectivity index (χ1v) is 9.07. The average molecular weight is 381 g/mol. The van der Waals surface area contributed by atoms with Crippen LogP contribution in [0.4, 0.5) is 5.69 Å². The minimum Gasteiger partial charge on any atom is -0.419 e. The fourth-order valence-corrected chi connectivity index (χ4v) is 3.20. The maximum absolute atomic E-state index is 13.0. The van der Waals surface area contributed by atoms with Gasteiger partial charge in [-0.25, -0.2) is 4.79 Å². The lowest BCUT2D eigenvalue weighted by molar-refractivity contribution is -0.664. The second-order valence-electron chi connectivity index (χ2n) is 6.43. The van der Waals surface area contributed by atoms with Crippen LogP contribution in [0, 0.1) is 0 Å². The normalized spacial score (nSPS) is 10.3. The van der Waals surface area contributed by atoms with Gasteiger partial charge >= 0.3 is 5.97 Å². The van der Waals surface area contributed by atoms with Gasteiger partial charge in [-0.3, -0.25) is 0 Å². The zero-order chi connectivity index (χ0) is 20.1. The van der Waals surface area contributed by atoms with Crippen LogP contribution in [0.5, 0.6) is 5.75 Å². The first-order chi connectivity index (χ1) is 14.2. The number of ether oxygens (including phenoxy) is 1. The van der Waals surface area contributed by atoms with Gasteiger partial charge in [0.1, 0.15) is 5.75 Å². The van der Waals surface area contributed by atoms with Crippen molar-refractivity contribution >= 4 is 22.6 Å². The van der Waals surface area contributed by atoms with Crippen molar-refractivity contribution in [1.82, 2.24) is 0 Å². The molecule has 0 atom stereocenters. The van der Waals surface area contributed by atoms with Crippen molar-refractivity contribution < 1.29 is 14.1 Å². The van der Waals surface area contributed by atoms with E-state index in [1.165, 1.54) is 6.07 Å². The maximum atomic E-state index is 13.0. The highest BCUT2D eigenvalue weighted by atomic mass is 16.5. The van der Waals surface area contributed by atoms with E-state index in [0.29, 0.717) is 23.7 Å². The number of benzene rings is 3. The first-order valence-electron chi connectivity index (χ1n) is 9.07. The van der Waals surface area contributed by atoms with E-state index < -0.39 is 5.97 Å². The van der Waals surface area contributed by atoms with Crippen molar-refractivity contribution in [2.24, 2.45) is 5.11 Å².